The van der Waals surface area contributed by atoms with Crippen LogP contribution in [0.5, 0.6) is 0 Å². The van der Waals surface area contributed by atoms with Crippen LogP contribution in [-0.2, 0) is 6.54 Å². The minimum atomic E-state index is 0.530. The average Bonchev–Trinajstić information content (AvgIpc) is 2.90. The molecule has 0 bridgehead atoms. The van der Waals surface area contributed by atoms with Gasteiger partial charge in [-0.15, -0.1) is 0 Å². The lowest BCUT2D eigenvalue weighted by atomic mass is 10.3. The van der Waals surface area contributed by atoms with Crippen LogP contribution in [0.15, 0.2) is 22.6 Å². The molecule has 0 amide bonds. The first-order valence-electron chi connectivity index (χ1n) is 5.85. The number of rotatable bonds is 3. The van der Waals surface area contributed by atoms with Gasteiger partial charge in [0.15, 0.2) is 5.13 Å². The zero-order valence-electron chi connectivity index (χ0n) is 10.5. The summed E-state index contributed by atoms with van der Waals surface area (Å²) in [6, 6.07) is 5.70. The molecule has 0 saturated heterocycles. The lowest BCUT2D eigenvalue weighted by Crippen LogP contribution is -1.98. The predicted octanol–water partition coefficient (Wildman–Crippen LogP) is 4.17. The van der Waals surface area contributed by atoms with Gasteiger partial charge in [0.05, 0.1) is 22.5 Å². The third-order valence-electron chi connectivity index (χ3n) is 2.81. The Labute approximate surface area is 119 Å². The van der Waals surface area contributed by atoms with Crippen LogP contribution in [0.2, 0.25) is 5.02 Å². The second kappa shape index (κ2) is 4.83. The Morgan fingerprint density at radius 2 is 2.16 bits per heavy atom. The highest BCUT2D eigenvalue weighted by atomic mass is 35.5. The zero-order chi connectivity index (χ0) is 13.4. The maximum Gasteiger partial charge on any atom is 0.214 e. The van der Waals surface area contributed by atoms with Gasteiger partial charge in [0.2, 0.25) is 5.89 Å². The fourth-order valence-corrected chi connectivity index (χ4v) is 2.75. The Morgan fingerprint density at radius 1 is 1.32 bits per heavy atom. The fourth-order valence-electron chi connectivity index (χ4n) is 1.74. The molecule has 0 spiro atoms. The highest BCUT2D eigenvalue weighted by Gasteiger charge is 2.07. The van der Waals surface area contributed by atoms with E-state index in [1.165, 1.54) is 0 Å². The summed E-state index contributed by atoms with van der Waals surface area (Å²) in [5.41, 5.74) is 1.83. The van der Waals surface area contributed by atoms with Crippen LogP contribution in [0.3, 0.4) is 0 Å². The molecule has 0 unspecified atom stereocenters. The minimum Gasteiger partial charge on any atom is -0.444 e. The lowest BCUT2D eigenvalue weighted by Gasteiger charge is -1.96. The number of aromatic nitrogens is 2. The maximum atomic E-state index is 5.94. The summed E-state index contributed by atoms with van der Waals surface area (Å²) in [6.45, 7) is 4.37. The van der Waals surface area contributed by atoms with Crippen molar-refractivity contribution in [3.63, 3.8) is 0 Å². The molecule has 0 fully saturated rings. The Hall–Kier alpha value is -1.59. The number of nitrogens with zero attached hydrogens (tertiary/aromatic N) is 2. The largest absolute Gasteiger partial charge is 0.444 e. The molecular formula is C13H12ClN3OS. The summed E-state index contributed by atoms with van der Waals surface area (Å²) in [4.78, 5) is 8.79. The first kappa shape index (κ1) is 12.4. The third-order valence-corrected chi connectivity index (χ3v) is 4.04. The number of fused-ring (bicyclic) bond motifs is 1. The SMILES string of the molecule is Cc1nc(CNc2nc3cc(Cl)ccc3s2)oc1C. The number of nitrogens with one attached hydrogen (secondary N) is 1. The van der Waals surface area contributed by atoms with Crippen LogP contribution in [0, 0.1) is 13.8 Å². The van der Waals surface area contributed by atoms with Crippen LogP contribution >= 0.6 is 22.9 Å². The Bertz CT molecular complexity index is 715. The Kier molecular flexibility index (Phi) is 3.16. The monoisotopic (exact) mass is 293 g/mol. The van der Waals surface area contributed by atoms with Gasteiger partial charge in [-0.1, -0.05) is 22.9 Å². The number of benzene rings is 1. The molecule has 1 aromatic carbocycles. The molecule has 98 valence electrons. The molecular weight excluding hydrogens is 282 g/mol. The van der Waals surface area contributed by atoms with Gasteiger partial charge in [-0.3, -0.25) is 0 Å². The van der Waals surface area contributed by atoms with Gasteiger partial charge in [0.25, 0.3) is 0 Å². The second-order valence-corrected chi connectivity index (χ2v) is 5.70. The van der Waals surface area contributed by atoms with E-state index in [-0.39, 0.29) is 0 Å². The Balaban J connectivity index is 1.78. The molecule has 6 heteroatoms. The standard InChI is InChI=1S/C13H12ClN3OS/c1-7-8(2)18-12(16-7)6-15-13-17-10-5-9(14)3-4-11(10)19-13/h3-5H,6H2,1-2H3,(H,15,17). The van der Waals surface area contributed by atoms with E-state index in [2.05, 4.69) is 15.3 Å². The van der Waals surface area contributed by atoms with E-state index in [1.807, 2.05) is 32.0 Å². The number of thiazole rings is 1. The molecule has 1 N–H and O–H groups in total. The number of oxazole rings is 1. The van der Waals surface area contributed by atoms with Gasteiger partial charge in [-0.05, 0) is 32.0 Å². The first-order valence-corrected chi connectivity index (χ1v) is 7.04. The van der Waals surface area contributed by atoms with E-state index in [4.69, 9.17) is 16.0 Å². The van der Waals surface area contributed by atoms with Crippen LogP contribution in [0.25, 0.3) is 10.2 Å². The van der Waals surface area contributed by atoms with Crippen LogP contribution in [0.1, 0.15) is 17.3 Å². The van der Waals surface area contributed by atoms with E-state index >= 15 is 0 Å². The molecule has 0 aliphatic rings. The van der Waals surface area contributed by atoms with Crippen molar-refractivity contribution in [2.75, 3.05) is 5.32 Å². The number of hydrogen-bond donors (Lipinski definition) is 1. The van der Waals surface area contributed by atoms with Crippen molar-refractivity contribution in [1.29, 1.82) is 0 Å². The molecule has 2 heterocycles. The van der Waals surface area contributed by atoms with Gasteiger partial charge >= 0.3 is 0 Å². The van der Waals surface area contributed by atoms with Crippen molar-refractivity contribution >= 4 is 38.3 Å². The van der Waals surface area contributed by atoms with E-state index in [9.17, 15) is 0 Å². The van der Waals surface area contributed by atoms with Crippen molar-refractivity contribution in [3.05, 3.63) is 40.6 Å². The minimum absolute atomic E-state index is 0.530. The highest BCUT2D eigenvalue weighted by Crippen LogP contribution is 2.28. The van der Waals surface area contributed by atoms with Crippen LogP contribution in [0.4, 0.5) is 5.13 Å². The molecule has 19 heavy (non-hydrogen) atoms. The summed E-state index contributed by atoms with van der Waals surface area (Å²) in [5.74, 6) is 1.53. The molecule has 0 aliphatic carbocycles. The van der Waals surface area contributed by atoms with E-state index < -0.39 is 0 Å². The molecule has 2 aromatic heterocycles. The average molecular weight is 294 g/mol. The van der Waals surface area contributed by atoms with Crippen molar-refractivity contribution in [2.45, 2.75) is 20.4 Å². The number of hydrogen-bond acceptors (Lipinski definition) is 5. The van der Waals surface area contributed by atoms with Crippen molar-refractivity contribution in [2.24, 2.45) is 0 Å². The topological polar surface area (TPSA) is 51.0 Å². The second-order valence-electron chi connectivity index (χ2n) is 4.23. The molecule has 0 atom stereocenters. The van der Waals surface area contributed by atoms with Gasteiger partial charge in [-0.2, -0.15) is 0 Å². The highest BCUT2D eigenvalue weighted by molar-refractivity contribution is 7.22. The molecule has 0 saturated carbocycles. The summed E-state index contributed by atoms with van der Waals surface area (Å²) in [7, 11) is 0. The quantitative estimate of drug-likeness (QED) is 0.787. The molecule has 0 radical (unpaired) electrons. The smallest absolute Gasteiger partial charge is 0.214 e. The molecule has 4 nitrogen and oxygen atoms in total. The summed E-state index contributed by atoms with van der Waals surface area (Å²) in [5, 5.41) is 4.75. The molecule has 0 aliphatic heterocycles. The molecule has 3 aromatic rings. The first-order chi connectivity index (χ1) is 9.11. The summed E-state index contributed by atoms with van der Waals surface area (Å²) in [6.07, 6.45) is 0. The van der Waals surface area contributed by atoms with Gasteiger partial charge in [0.1, 0.15) is 5.76 Å². The van der Waals surface area contributed by atoms with Gasteiger partial charge < -0.3 is 9.73 Å². The number of halogens is 1. The summed E-state index contributed by atoms with van der Waals surface area (Å²) >= 11 is 7.53. The van der Waals surface area contributed by atoms with Gasteiger partial charge in [-0.25, -0.2) is 9.97 Å². The fraction of sp³-hybridized carbons (Fsp3) is 0.231. The van der Waals surface area contributed by atoms with E-state index in [0.717, 1.165) is 26.8 Å². The van der Waals surface area contributed by atoms with Crippen molar-refractivity contribution < 1.29 is 4.42 Å². The predicted molar refractivity (Wildman–Crippen MR) is 77.9 cm³/mol. The number of aryl methyl sites for hydroxylation is 2. The lowest BCUT2D eigenvalue weighted by molar-refractivity contribution is 0.478. The number of anilines is 1. The third kappa shape index (κ3) is 2.57. The Morgan fingerprint density at radius 3 is 2.89 bits per heavy atom. The summed E-state index contributed by atoms with van der Waals surface area (Å²) < 4.78 is 6.61. The molecule has 3 rings (SSSR count). The van der Waals surface area contributed by atoms with Crippen molar-refractivity contribution in [3.8, 4) is 0 Å². The zero-order valence-corrected chi connectivity index (χ0v) is 12.1. The normalized spacial score (nSPS) is 11.1. The van der Waals surface area contributed by atoms with E-state index in [1.54, 1.807) is 11.3 Å². The maximum absolute atomic E-state index is 5.94. The van der Waals surface area contributed by atoms with Crippen LogP contribution in [-0.4, -0.2) is 9.97 Å². The van der Waals surface area contributed by atoms with Crippen LogP contribution < -0.4 is 5.32 Å². The van der Waals surface area contributed by atoms with Gasteiger partial charge in [0, 0.05) is 5.02 Å². The van der Waals surface area contributed by atoms with Crippen molar-refractivity contribution in [1.82, 2.24) is 9.97 Å². The van der Waals surface area contributed by atoms with E-state index in [0.29, 0.717) is 17.5 Å².